The molecule has 2 aliphatic heterocycles. The highest BCUT2D eigenvalue weighted by molar-refractivity contribution is 6.03. The van der Waals surface area contributed by atoms with E-state index < -0.39 is 35.6 Å². The van der Waals surface area contributed by atoms with Gasteiger partial charge in [0.25, 0.3) is 0 Å². The number of hydrogen-bond acceptors (Lipinski definition) is 6. The maximum absolute atomic E-state index is 14.2. The number of carbonyl (C=O) groups excluding carboxylic acids is 2. The zero-order valence-electron chi connectivity index (χ0n) is 27.6. The summed E-state index contributed by atoms with van der Waals surface area (Å²) in [5, 5.41) is 9.85. The molecule has 13 heteroatoms. The lowest BCUT2D eigenvalue weighted by atomic mass is 9.81. The van der Waals surface area contributed by atoms with Gasteiger partial charge in [-0.25, -0.2) is 13.8 Å². The highest BCUT2D eigenvalue weighted by Crippen LogP contribution is 2.39. The van der Waals surface area contributed by atoms with Crippen LogP contribution in [-0.4, -0.2) is 90.2 Å². The second-order valence-electron chi connectivity index (χ2n) is 13.2. The zero-order valence-corrected chi connectivity index (χ0v) is 27.6. The second-order valence-corrected chi connectivity index (χ2v) is 13.2. The van der Waals surface area contributed by atoms with Gasteiger partial charge in [-0.2, -0.15) is 13.2 Å². The van der Waals surface area contributed by atoms with Gasteiger partial charge in [0.2, 0.25) is 11.8 Å². The van der Waals surface area contributed by atoms with Gasteiger partial charge in [0.1, 0.15) is 18.3 Å². The SMILES string of the molecule is CC(=O)N1CC2CN(c3cc(-c4ccc(F)cc4C)c(N(C)C(=O)C(C)(C)c4cc(CF)cc(C(F)(F)F)c4)cn3)CCN2C[C@@H]1CO. The number of alkyl halides is 4. The van der Waals surface area contributed by atoms with Crippen LogP contribution < -0.4 is 9.80 Å². The van der Waals surface area contributed by atoms with Crippen molar-refractivity contribution in [2.24, 2.45) is 0 Å². The first kappa shape index (κ1) is 35.2. The molecule has 258 valence electrons. The molecule has 2 saturated heterocycles. The van der Waals surface area contributed by atoms with Gasteiger partial charge in [-0.15, -0.1) is 0 Å². The Balaban J connectivity index is 1.51. The molecule has 2 aliphatic rings. The van der Waals surface area contributed by atoms with Crippen LogP contribution in [0.4, 0.5) is 33.5 Å². The number of amides is 2. The van der Waals surface area contributed by atoms with Gasteiger partial charge in [0, 0.05) is 58.3 Å². The van der Waals surface area contributed by atoms with E-state index in [0.717, 1.165) is 12.1 Å². The summed E-state index contributed by atoms with van der Waals surface area (Å²) in [5.41, 5.74) is -0.559. The number of aliphatic hydroxyl groups is 1. The van der Waals surface area contributed by atoms with Gasteiger partial charge < -0.3 is 19.8 Å². The number of fused-ring (bicyclic) bond motifs is 1. The summed E-state index contributed by atoms with van der Waals surface area (Å²) in [6.45, 7) is 7.80. The number of halogens is 5. The minimum absolute atomic E-state index is 0.00495. The fourth-order valence-electron chi connectivity index (χ4n) is 6.77. The Morgan fingerprint density at radius 2 is 1.71 bits per heavy atom. The van der Waals surface area contributed by atoms with Crippen molar-refractivity contribution in [3.8, 4) is 11.1 Å². The highest BCUT2D eigenvalue weighted by atomic mass is 19.4. The van der Waals surface area contributed by atoms with Crippen LogP contribution in [0, 0.1) is 12.7 Å². The molecular weight excluding hydrogens is 633 g/mol. The Morgan fingerprint density at radius 1 is 1.00 bits per heavy atom. The van der Waals surface area contributed by atoms with Crippen molar-refractivity contribution in [1.29, 1.82) is 0 Å². The summed E-state index contributed by atoms with van der Waals surface area (Å²) in [7, 11) is 1.50. The molecule has 0 bridgehead atoms. The Hall–Kier alpha value is -4.10. The van der Waals surface area contributed by atoms with Gasteiger partial charge in [0.05, 0.1) is 35.5 Å². The number of piperazine rings is 2. The summed E-state index contributed by atoms with van der Waals surface area (Å²) >= 11 is 0. The number of nitrogens with zero attached hydrogens (tertiary/aromatic N) is 5. The van der Waals surface area contributed by atoms with E-state index in [9.17, 15) is 36.6 Å². The first-order valence-corrected chi connectivity index (χ1v) is 15.7. The number of anilines is 2. The fourth-order valence-corrected chi connectivity index (χ4v) is 6.77. The Bertz CT molecular complexity index is 1700. The number of rotatable bonds is 7. The lowest BCUT2D eigenvalue weighted by Crippen LogP contribution is -2.66. The van der Waals surface area contributed by atoms with Crippen LogP contribution in [0.2, 0.25) is 0 Å². The van der Waals surface area contributed by atoms with E-state index in [4.69, 9.17) is 4.98 Å². The Labute approximate surface area is 276 Å². The summed E-state index contributed by atoms with van der Waals surface area (Å²) in [6, 6.07) is 8.72. The molecule has 48 heavy (non-hydrogen) atoms. The molecule has 2 fully saturated rings. The number of aryl methyl sites for hydroxylation is 1. The van der Waals surface area contributed by atoms with Crippen molar-refractivity contribution in [1.82, 2.24) is 14.8 Å². The van der Waals surface area contributed by atoms with Crippen molar-refractivity contribution < 1.29 is 36.6 Å². The molecular formula is C35H40F5N5O3. The van der Waals surface area contributed by atoms with Crippen LogP contribution in [0.25, 0.3) is 11.1 Å². The number of aliphatic hydroxyl groups excluding tert-OH is 1. The van der Waals surface area contributed by atoms with E-state index in [1.165, 1.54) is 57.1 Å². The average Bonchev–Trinajstić information content (AvgIpc) is 3.05. The van der Waals surface area contributed by atoms with E-state index in [2.05, 4.69) is 9.80 Å². The lowest BCUT2D eigenvalue weighted by Gasteiger charge is -2.50. The van der Waals surface area contributed by atoms with Crippen molar-refractivity contribution in [3.05, 3.63) is 76.7 Å². The van der Waals surface area contributed by atoms with Crippen LogP contribution >= 0.6 is 0 Å². The largest absolute Gasteiger partial charge is 0.416 e. The molecule has 2 aromatic carbocycles. The maximum atomic E-state index is 14.2. The third-order valence-corrected chi connectivity index (χ3v) is 9.58. The van der Waals surface area contributed by atoms with E-state index in [1.807, 2.05) is 6.07 Å². The number of carbonyl (C=O) groups is 2. The molecule has 0 aliphatic carbocycles. The molecule has 0 saturated carbocycles. The summed E-state index contributed by atoms with van der Waals surface area (Å²) in [6.07, 6.45) is -3.20. The minimum atomic E-state index is -4.73. The molecule has 3 heterocycles. The van der Waals surface area contributed by atoms with E-state index >= 15 is 0 Å². The van der Waals surface area contributed by atoms with Gasteiger partial charge in [-0.05, 0) is 73.4 Å². The quantitative estimate of drug-likeness (QED) is 0.342. The van der Waals surface area contributed by atoms with Crippen LogP contribution in [0.3, 0.4) is 0 Å². The molecule has 2 atom stereocenters. The highest BCUT2D eigenvalue weighted by Gasteiger charge is 2.40. The van der Waals surface area contributed by atoms with E-state index in [-0.39, 0.29) is 35.7 Å². The third kappa shape index (κ3) is 6.88. The van der Waals surface area contributed by atoms with Crippen molar-refractivity contribution in [2.45, 2.75) is 58.0 Å². The topological polar surface area (TPSA) is 80.2 Å². The molecule has 5 rings (SSSR count). The van der Waals surface area contributed by atoms with Gasteiger partial charge >= 0.3 is 6.18 Å². The lowest BCUT2D eigenvalue weighted by molar-refractivity contribution is -0.138. The summed E-state index contributed by atoms with van der Waals surface area (Å²) in [4.78, 5) is 38.5. The molecule has 2 amide bonds. The molecule has 0 spiro atoms. The number of hydrogen-bond donors (Lipinski definition) is 1. The predicted molar refractivity (Wildman–Crippen MR) is 173 cm³/mol. The first-order chi connectivity index (χ1) is 22.5. The van der Waals surface area contributed by atoms with Crippen molar-refractivity contribution in [2.75, 3.05) is 56.2 Å². The predicted octanol–water partition coefficient (Wildman–Crippen LogP) is 5.34. The number of benzene rings is 2. The summed E-state index contributed by atoms with van der Waals surface area (Å²) in [5.74, 6) is -0.498. The van der Waals surface area contributed by atoms with Crippen LogP contribution in [0.5, 0.6) is 0 Å². The molecule has 8 nitrogen and oxygen atoms in total. The zero-order chi connectivity index (χ0) is 35.1. The maximum Gasteiger partial charge on any atom is 0.416 e. The number of pyridine rings is 1. The van der Waals surface area contributed by atoms with Gasteiger partial charge in [-0.3, -0.25) is 14.5 Å². The number of aromatic nitrogens is 1. The first-order valence-electron chi connectivity index (χ1n) is 15.7. The van der Waals surface area contributed by atoms with Crippen molar-refractivity contribution in [3.63, 3.8) is 0 Å². The Morgan fingerprint density at radius 3 is 2.33 bits per heavy atom. The average molecular weight is 674 g/mol. The normalized spacial score (nSPS) is 18.9. The fraction of sp³-hybridized carbons (Fsp3) is 0.457. The van der Waals surface area contributed by atoms with Crippen LogP contribution in [0.1, 0.15) is 43.0 Å². The summed E-state index contributed by atoms with van der Waals surface area (Å²) < 4.78 is 68.9. The second kappa shape index (κ2) is 13.4. The van der Waals surface area contributed by atoms with Crippen LogP contribution in [0.15, 0.2) is 48.7 Å². The van der Waals surface area contributed by atoms with Crippen molar-refractivity contribution >= 4 is 23.3 Å². The molecule has 0 radical (unpaired) electrons. The standard InChI is InChI=1S/C35H40F5N5O3/c1-21-10-26(37)6-7-29(21)30-14-32(44-9-8-43-18-28(20-46)45(22(2)47)19-27(43)17-44)41-16-31(30)42(5)33(48)34(3,4)24-11-23(15-36)12-25(13-24)35(38,39)40/h6-7,10-14,16,27-28,46H,8-9,15,17-20H2,1-5H3/t27?,28-/m1/s1. The van der Waals surface area contributed by atoms with E-state index in [0.29, 0.717) is 60.9 Å². The van der Waals surface area contributed by atoms with Gasteiger partial charge in [0.15, 0.2) is 0 Å². The van der Waals surface area contributed by atoms with Crippen LogP contribution in [-0.2, 0) is 27.9 Å². The third-order valence-electron chi connectivity index (χ3n) is 9.58. The molecule has 1 N–H and O–H groups in total. The smallest absolute Gasteiger partial charge is 0.394 e. The minimum Gasteiger partial charge on any atom is -0.394 e. The van der Waals surface area contributed by atoms with E-state index in [1.54, 1.807) is 17.9 Å². The Kier molecular flexibility index (Phi) is 9.85. The number of likely N-dealkylation sites (N-methyl/N-ethyl adjacent to an activating group) is 1. The molecule has 1 unspecified atom stereocenters. The molecule has 1 aromatic heterocycles. The monoisotopic (exact) mass is 673 g/mol. The molecule has 3 aromatic rings. The van der Waals surface area contributed by atoms with Gasteiger partial charge in [-0.1, -0.05) is 12.1 Å².